The summed E-state index contributed by atoms with van der Waals surface area (Å²) in [5.41, 5.74) is -0.458. The summed E-state index contributed by atoms with van der Waals surface area (Å²) in [5.74, 6) is 0.602. The van der Waals surface area contributed by atoms with E-state index in [1.807, 2.05) is 0 Å². The summed E-state index contributed by atoms with van der Waals surface area (Å²) >= 11 is 0. The summed E-state index contributed by atoms with van der Waals surface area (Å²) in [7, 11) is -1.50. The van der Waals surface area contributed by atoms with Crippen molar-refractivity contribution in [1.82, 2.24) is 10.2 Å². The van der Waals surface area contributed by atoms with E-state index in [1.165, 1.54) is 83.1 Å². The molecule has 0 aromatic heterocycles. The topological polar surface area (TPSA) is 41.6 Å². The van der Waals surface area contributed by atoms with E-state index in [4.69, 9.17) is 4.43 Å². The highest BCUT2D eigenvalue weighted by Crippen LogP contribution is 2.43. The molecule has 1 aliphatic carbocycles. The fourth-order valence-electron chi connectivity index (χ4n) is 6.57. The van der Waals surface area contributed by atoms with Gasteiger partial charge in [0.05, 0.1) is 5.41 Å². The zero-order valence-electron chi connectivity index (χ0n) is 27.5. The first-order valence-electron chi connectivity index (χ1n) is 17.2. The van der Waals surface area contributed by atoms with Gasteiger partial charge in [-0.2, -0.15) is 0 Å². The SMILES string of the molecule is CCCCCCCCCCCCCCNC(=O)C1(C2CCN(CCC[Si](C)(C)OCC)CC2)C=CC(C)(C)C=C1. The van der Waals surface area contributed by atoms with Gasteiger partial charge in [0.2, 0.25) is 5.91 Å². The van der Waals surface area contributed by atoms with Gasteiger partial charge in [-0.15, -0.1) is 0 Å². The number of carbonyl (C=O) groups excluding carboxylic acids is 1. The lowest BCUT2D eigenvalue weighted by molar-refractivity contribution is -0.129. The second-order valence-electron chi connectivity index (χ2n) is 14.0. The number of nitrogens with zero attached hydrogens (tertiary/aromatic N) is 1. The highest BCUT2D eigenvalue weighted by atomic mass is 28.4. The maximum atomic E-state index is 13.7. The van der Waals surface area contributed by atoms with Gasteiger partial charge in [0, 0.05) is 18.6 Å². The molecule has 0 atom stereocenters. The smallest absolute Gasteiger partial charge is 0.234 e. The predicted octanol–water partition coefficient (Wildman–Crippen LogP) is 9.29. The number of likely N-dealkylation sites (tertiary alicyclic amines) is 1. The van der Waals surface area contributed by atoms with Crippen LogP contribution in [0.25, 0.3) is 0 Å². The van der Waals surface area contributed by atoms with Gasteiger partial charge in [-0.05, 0) is 77.3 Å². The van der Waals surface area contributed by atoms with Crippen molar-refractivity contribution < 1.29 is 9.22 Å². The molecule has 1 saturated heterocycles. The van der Waals surface area contributed by atoms with Crippen molar-refractivity contribution in [2.45, 2.75) is 143 Å². The quantitative estimate of drug-likeness (QED) is 0.0843. The molecule has 0 aromatic rings. The zero-order valence-corrected chi connectivity index (χ0v) is 28.5. The first kappa shape index (κ1) is 35.3. The van der Waals surface area contributed by atoms with Crippen molar-refractivity contribution in [3.05, 3.63) is 24.3 Å². The van der Waals surface area contributed by atoms with Crippen molar-refractivity contribution in [1.29, 1.82) is 0 Å². The Morgan fingerprint density at radius 1 is 0.825 bits per heavy atom. The van der Waals surface area contributed by atoms with Crippen LogP contribution in [-0.2, 0) is 9.22 Å². The number of nitrogens with one attached hydrogen (secondary N) is 1. The molecule has 1 N–H and O–H groups in total. The van der Waals surface area contributed by atoms with Crippen LogP contribution >= 0.6 is 0 Å². The lowest BCUT2D eigenvalue weighted by Gasteiger charge is -2.43. The van der Waals surface area contributed by atoms with Gasteiger partial charge in [-0.25, -0.2) is 0 Å². The van der Waals surface area contributed by atoms with E-state index in [0.717, 1.165) is 52.0 Å². The van der Waals surface area contributed by atoms with E-state index in [1.54, 1.807) is 0 Å². The first-order valence-corrected chi connectivity index (χ1v) is 20.3. The average molecular weight is 575 g/mol. The van der Waals surface area contributed by atoms with Crippen molar-refractivity contribution in [2.75, 3.05) is 32.8 Å². The van der Waals surface area contributed by atoms with Gasteiger partial charge in [0.15, 0.2) is 8.32 Å². The zero-order chi connectivity index (χ0) is 29.3. The van der Waals surface area contributed by atoms with Gasteiger partial charge in [0.1, 0.15) is 0 Å². The predicted molar refractivity (Wildman–Crippen MR) is 176 cm³/mol. The van der Waals surface area contributed by atoms with Crippen molar-refractivity contribution in [3.63, 3.8) is 0 Å². The van der Waals surface area contributed by atoms with Crippen LogP contribution in [0.1, 0.15) is 124 Å². The molecule has 0 aromatic carbocycles. The number of unbranched alkanes of at least 4 members (excludes halogenated alkanes) is 11. The summed E-state index contributed by atoms with van der Waals surface area (Å²) < 4.78 is 6.02. The second kappa shape index (κ2) is 18.6. The van der Waals surface area contributed by atoms with Gasteiger partial charge in [-0.3, -0.25) is 4.79 Å². The van der Waals surface area contributed by atoms with Crippen molar-refractivity contribution >= 4 is 14.2 Å². The second-order valence-corrected chi connectivity index (χ2v) is 18.3. The fraction of sp³-hybridized carbons (Fsp3) is 0.857. The Labute approximate surface area is 250 Å². The lowest BCUT2D eigenvalue weighted by Crippen LogP contribution is -2.49. The number of amides is 1. The number of piperidine rings is 1. The van der Waals surface area contributed by atoms with Crippen LogP contribution in [0.4, 0.5) is 0 Å². The lowest BCUT2D eigenvalue weighted by atomic mass is 9.65. The average Bonchev–Trinajstić information content (AvgIpc) is 2.92. The molecule has 2 rings (SSSR count). The van der Waals surface area contributed by atoms with E-state index < -0.39 is 13.7 Å². The van der Waals surface area contributed by atoms with Gasteiger partial charge >= 0.3 is 0 Å². The Balaban J connectivity index is 1.72. The minimum atomic E-state index is -1.50. The van der Waals surface area contributed by atoms with Crippen molar-refractivity contribution in [2.24, 2.45) is 16.7 Å². The minimum absolute atomic E-state index is 0.0250. The van der Waals surface area contributed by atoms with Crippen LogP contribution in [0.2, 0.25) is 19.1 Å². The van der Waals surface area contributed by atoms with Crippen LogP contribution in [-0.4, -0.2) is 51.9 Å². The molecule has 0 spiro atoms. The molecule has 5 heteroatoms. The highest BCUT2D eigenvalue weighted by molar-refractivity contribution is 6.71. The molecule has 40 heavy (non-hydrogen) atoms. The Hall–Kier alpha value is -0.913. The van der Waals surface area contributed by atoms with Gasteiger partial charge < -0.3 is 14.6 Å². The van der Waals surface area contributed by atoms with E-state index >= 15 is 0 Å². The van der Waals surface area contributed by atoms with Crippen LogP contribution < -0.4 is 5.32 Å². The molecule has 232 valence electrons. The molecule has 1 amide bonds. The number of hydrogen-bond donors (Lipinski definition) is 1. The first-order chi connectivity index (χ1) is 19.1. The molecule has 1 heterocycles. The summed E-state index contributed by atoms with van der Waals surface area (Å²) in [4.78, 5) is 16.3. The Morgan fingerprint density at radius 3 is 1.88 bits per heavy atom. The maximum absolute atomic E-state index is 13.7. The number of rotatable bonds is 21. The summed E-state index contributed by atoms with van der Waals surface area (Å²) in [6.07, 6.45) is 28.6. The van der Waals surface area contributed by atoms with Crippen molar-refractivity contribution in [3.8, 4) is 0 Å². The van der Waals surface area contributed by atoms with E-state index in [2.05, 4.69) is 75.3 Å². The molecule has 2 aliphatic rings. The highest BCUT2D eigenvalue weighted by Gasteiger charge is 2.44. The monoisotopic (exact) mass is 574 g/mol. The summed E-state index contributed by atoms with van der Waals surface area (Å²) in [6.45, 7) is 18.5. The van der Waals surface area contributed by atoms with Crippen LogP contribution in [0.3, 0.4) is 0 Å². The molecule has 4 nitrogen and oxygen atoms in total. The Bertz CT molecular complexity index is 736. The molecular weight excluding hydrogens is 508 g/mol. The van der Waals surface area contributed by atoms with E-state index in [0.29, 0.717) is 5.92 Å². The third kappa shape index (κ3) is 12.9. The standard InChI is InChI=1S/C35H66N2O2Si/c1-7-9-10-11-12-13-14-15-16-17-18-19-27-36-33(38)35(25-23-34(3,4)24-26-35)32-21-29-37(30-22-32)28-20-31-40(5,6)39-8-2/h23-26,32H,7-22,27-31H2,1-6H3,(H,36,38). The third-order valence-corrected chi connectivity index (χ3v) is 12.0. The third-order valence-electron chi connectivity index (χ3n) is 9.34. The molecule has 1 aliphatic heterocycles. The molecule has 0 saturated carbocycles. The van der Waals surface area contributed by atoms with Crippen LogP contribution in [0.15, 0.2) is 24.3 Å². The Kier molecular flexibility index (Phi) is 16.4. The molecule has 0 unspecified atom stereocenters. The largest absolute Gasteiger partial charge is 0.418 e. The van der Waals surface area contributed by atoms with Gasteiger partial charge in [0.25, 0.3) is 0 Å². The number of hydrogen-bond acceptors (Lipinski definition) is 3. The summed E-state index contributed by atoms with van der Waals surface area (Å²) in [5, 5.41) is 3.36. The van der Waals surface area contributed by atoms with Crippen LogP contribution in [0, 0.1) is 16.7 Å². The maximum Gasteiger partial charge on any atom is 0.234 e. The van der Waals surface area contributed by atoms with E-state index in [-0.39, 0.29) is 11.3 Å². The molecular formula is C35H66N2O2Si. The molecule has 0 bridgehead atoms. The molecule has 0 radical (unpaired) electrons. The fourth-order valence-corrected chi connectivity index (χ4v) is 8.51. The molecule has 1 fully saturated rings. The van der Waals surface area contributed by atoms with Gasteiger partial charge in [-0.1, -0.05) is 116 Å². The number of carbonyl (C=O) groups is 1. The van der Waals surface area contributed by atoms with Crippen LogP contribution in [0.5, 0.6) is 0 Å². The minimum Gasteiger partial charge on any atom is -0.418 e. The number of allylic oxidation sites excluding steroid dienone is 2. The summed E-state index contributed by atoms with van der Waals surface area (Å²) in [6, 6.07) is 1.23. The Morgan fingerprint density at radius 2 is 1.35 bits per heavy atom. The normalized spacial score (nSPS) is 19.2. The van der Waals surface area contributed by atoms with E-state index in [9.17, 15) is 4.79 Å².